The van der Waals surface area contributed by atoms with Gasteiger partial charge in [0, 0.05) is 16.3 Å². The largest absolute Gasteiger partial charge is 0.423 e. The van der Waals surface area contributed by atoms with Crippen molar-refractivity contribution < 1.29 is 19.1 Å². The molecule has 1 heterocycles. The van der Waals surface area contributed by atoms with Gasteiger partial charge in [0.1, 0.15) is 16.5 Å². The highest BCUT2D eigenvalue weighted by molar-refractivity contribution is 6.53. The molecule has 0 aromatic heterocycles. The fourth-order valence-electron chi connectivity index (χ4n) is 4.36. The van der Waals surface area contributed by atoms with E-state index in [0.717, 1.165) is 16.0 Å². The average Bonchev–Trinajstić information content (AvgIpc) is 3.06. The predicted molar refractivity (Wildman–Crippen MR) is 160 cm³/mol. The van der Waals surface area contributed by atoms with Gasteiger partial charge in [-0.2, -0.15) is 0 Å². The molecule has 0 bridgehead atoms. The van der Waals surface area contributed by atoms with Gasteiger partial charge in [-0.05, 0) is 77.4 Å². The van der Waals surface area contributed by atoms with Gasteiger partial charge in [-0.15, -0.1) is 0 Å². The molecule has 0 aliphatic carbocycles. The Morgan fingerprint density at radius 3 is 2.05 bits per heavy atom. The molecule has 0 spiro atoms. The van der Waals surface area contributed by atoms with Crippen molar-refractivity contribution in [2.75, 3.05) is 10.2 Å². The highest BCUT2D eigenvalue weighted by atomic mass is 35.5. The lowest BCUT2D eigenvalue weighted by Gasteiger charge is -2.26. The van der Waals surface area contributed by atoms with Crippen LogP contribution in [-0.4, -0.2) is 17.8 Å². The minimum absolute atomic E-state index is 0.0420. The maximum absolute atomic E-state index is 13.1. The van der Waals surface area contributed by atoms with Crippen LogP contribution in [-0.2, 0) is 20.4 Å². The Bertz CT molecular complexity index is 1540. The van der Waals surface area contributed by atoms with Crippen molar-refractivity contribution in [2.24, 2.45) is 0 Å². The first-order valence-electron chi connectivity index (χ1n) is 12.9. The number of rotatable bonds is 5. The Morgan fingerprint density at radius 2 is 1.48 bits per heavy atom. The van der Waals surface area contributed by atoms with Crippen molar-refractivity contribution >= 4 is 52.4 Å². The van der Waals surface area contributed by atoms with E-state index in [1.807, 2.05) is 12.1 Å². The number of hydrogen-bond acceptors (Lipinski definition) is 5. The summed E-state index contributed by atoms with van der Waals surface area (Å²) >= 11 is 12.3. The van der Waals surface area contributed by atoms with Crippen LogP contribution in [0.3, 0.4) is 0 Å². The number of amides is 2. The molecule has 1 N–H and O–H groups in total. The second kappa shape index (κ2) is 10.8. The van der Waals surface area contributed by atoms with Crippen LogP contribution in [0.2, 0.25) is 5.02 Å². The summed E-state index contributed by atoms with van der Waals surface area (Å²) in [6, 6.07) is 17.2. The number of ether oxygens (including phenoxy) is 1. The lowest BCUT2D eigenvalue weighted by molar-refractivity contribution is -0.120. The van der Waals surface area contributed by atoms with Gasteiger partial charge in [0.15, 0.2) is 0 Å². The van der Waals surface area contributed by atoms with Crippen molar-refractivity contribution in [3.05, 3.63) is 98.7 Å². The third kappa shape index (κ3) is 5.93. The number of benzene rings is 3. The summed E-state index contributed by atoms with van der Waals surface area (Å²) in [6.45, 7) is 14.4. The van der Waals surface area contributed by atoms with Gasteiger partial charge < -0.3 is 10.1 Å². The summed E-state index contributed by atoms with van der Waals surface area (Å²) in [5.74, 6) is -1.21. The first kappa shape index (κ1) is 29.4. The molecular formula is C32H32Cl2N2O4. The molecule has 0 saturated carbocycles. The maximum Gasteiger partial charge on any atom is 0.343 e. The number of esters is 1. The van der Waals surface area contributed by atoms with Crippen LogP contribution in [0.4, 0.5) is 11.4 Å². The van der Waals surface area contributed by atoms with Gasteiger partial charge >= 0.3 is 5.97 Å². The molecule has 0 radical (unpaired) electrons. The van der Waals surface area contributed by atoms with Crippen LogP contribution < -0.4 is 15.0 Å². The van der Waals surface area contributed by atoms with Gasteiger partial charge in [-0.25, -0.2) is 9.69 Å². The number of imide groups is 1. The zero-order valence-electron chi connectivity index (χ0n) is 23.6. The number of carbonyl (C=O) groups is 3. The quantitative estimate of drug-likeness (QED) is 0.189. The van der Waals surface area contributed by atoms with Crippen LogP contribution >= 0.6 is 23.2 Å². The molecule has 0 atom stereocenters. The molecule has 0 unspecified atom stereocenters. The monoisotopic (exact) mass is 578 g/mol. The molecule has 4 rings (SSSR count). The maximum atomic E-state index is 13.1. The summed E-state index contributed by atoms with van der Waals surface area (Å²) < 4.78 is 5.83. The zero-order chi connectivity index (χ0) is 29.6. The molecule has 3 aromatic carbocycles. The number of halogens is 2. The van der Waals surface area contributed by atoms with Gasteiger partial charge in [0.25, 0.3) is 11.8 Å². The Kier molecular flexibility index (Phi) is 7.90. The van der Waals surface area contributed by atoms with Crippen LogP contribution in [0.25, 0.3) is 0 Å². The Hall–Kier alpha value is -3.61. The Labute approximate surface area is 244 Å². The van der Waals surface area contributed by atoms with Crippen LogP contribution in [0.15, 0.2) is 71.4 Å². The van der Waals surface area contributed by atoms with Crippen molar-refractivity contribution in [3.8, 4) is 5.75 Å². The van der Waals surface area contributed by atoms with E-state index in [-0.39, 0.29) is 21.6 Å². The van der Waals surface area contributed by atoms with E-state index < -0.39 is 17.8 Å². The number of anilines is 2. The summed E-state index contributed by atoms with van der Waals surface area (Å²) in [4.78, 5) is 40.0. The van der Waals surface area contributed by atoms with E-state index in [0.29, 0.717) is 33.3 Å². The third-order valence-corrected chi connectivity index (χ3v) is 7.26. The lowest BCUT2D eigenvalue weighted by atomic mass is 9.80. The smallest absolute Gasteiger partial charge is 0.343 e. The predicted octanol–water partition coefficient (Wildman–Crippen LogP) is 7.90. The molecule has 6 nitrogen and oxygen atoms in total. The minimum atomic E-state index is -0.632. The molecule has 3 aromatic rings. The number of hydrogen-bond donors (Lipinski definition) is 1. The van der Waals surface area contributed by atoms with Crippen molar-refractivity contribution in [2.45, 2.75) is 59.3 Å². The van der Waals surface area contributed by atoms with Crippen molar-refractivity contribution in [1.29, 1.82) is 0 Å². The fraction of sp³-hybridized carbons (Fsp3) is 0.281. The van der Waals surface area contributed by atoms with Gasteiger partial charge in [0.2, 0.25) is 0 Å². The Balaban J connectivity index is 1.52. The molecule has 2 amide bonds. The molecule has 1 aliphatic rings. The van der Waals surface area contributed by atoms with E-state index in [9.17, 15) is 14.4 Å². The summed E-state index contributed by atoms with van der Waals surface area (Å²) in [6.07, 6.45) is 0. The van der Waals surface area contributed by atoms with Crippen LogP contribution in [0.1, 0.15) is 68.6 Å². The fourth-order valence-corrected chi connectivity index (χ4v) is 4.80. The van der Waals surface area contributed by atoms with E-state index in [2.05, 4.69) is 52.9 Å². The number of nitrogens with one attached hydrogen (secondary N) is 1. The molecule has 0 fully saturated rings. The van der Waals surface area contributed by atoms with Gasteiger partial charge in [-0.3, -0.25) is 9.59 Å². The number of aryl methyl sites for hydroxylation is 1. The standard InChI is InChI=1S/C32H32Cl2N2O4/c1-18-16-21(33)11-14-24(18)36-28(37)26(34)27(29(36)38)35-22-12-8-19(9-13-22)30(39)40-25-15-10-20(31(2,3)4)17-23(25)32(5,6)7/h8-17,35H,1-7H3. The second-order valence-corrected chi connectivity index (χ2v) is 12.7. The van der Waals surface area contributed by atoms with Crippen LogP contribution in [0.5, 0.6) is 5.75 Å². The molecular weight excluding hydrogens is 547 g/mol. The second-order valence-electron chi connectivity index (χ2n) is 11.9. The first-order valence-corrected chi connectivity index (χ1v) is 13.6. The highest BCUT2D eigenvalue weighted by Crippen LogP contribution is 2.36. The molecule has 40 heavy (non-hydrogen) atoms. The molecule has 8 heteroatoms. The van der Waals surface area contributed by atoms with E-state index in [4.69, 9.17) is 27.9 Å². The van der Waals surface area contributed by atoms with Gasteiger partial charge in [-0.1, -0.05) is 76.9 Å². The SMILES string of the molecule is Cc1cc(Cl)ccc1N1C(=O)C(Cl)=C(Nc2ccc(C(=O)Oc3ccc(C(C)(C)C)cc3C(C)(C)C)cc2)C1=O. The van der Waals surface area contributed by atoms with E-state index >= 15 is 0 Å². The molecule has 0 saturated heterocycles. The third-order valence-electron chi connectivity index (χ3n) is 6.67. The van der Waals surface area contributed by atoms with E-state index in [1.165, 1.54) is 0 Å². The topological polar surface area (TPSA) is 75.7 Å². The molecule has 1 aliphatic heterocycles. The van der Waals surface area contributed by atoms with Gasteiger partial charge in [0.05, 0.1) is 11.3 Å². The van der Waals surface area contributed by atoms with Crippen molar-refractivity contribution in [3.63, 3.8) is 0 Å². The minimum Gasteiger partial charge on any atom is -0.423 e. The lowest BCUT2D eigenvalue weighted by Crippen LogP contribution is -2.32. The molecule has 208 valence electrons. The number of carbonyl (C=O) groups excluding carboxylic acids is 3. The van der Waals surface area contributed by atoms with Crippen LogP contribution in [0, 0.1) is 6.92 Å². The zero-order valence-corrected chi connectivity index (χ0v) is 25.1. The van der Waals surface area contributed by atoms with E-state index in [1.54, 1.807) is 49.4 Å². The average molecular weight is 580 g/mol. The summed E-state index contributed by atoms with van der Waals surface area (Å²) in [7, 11) is 0. The highest BCUT2D eigenvalue weighted by Gasteiger charge is 2.39. The number of nitrogens with zero attached hydrogens (tertiary/aromatic N) is 1. The first-order chi connectivity index (χ1) is 18.6. The van der Waals surface area contributed by atoms with Crippen molar-refractivity contribution in [1.82, 2.24) is 0 Å². The Morgan fingerprint density at radius 1 is 0.825 bits per heavy atom. The normalized spacial score (nSPS) is 14.2. The summed E-state index contributed by atoms with van der Waals surface area (Å²) in [5.41, 5.74) is 3.64. The summed E-state index contributed by atoms with van der Waals surface area (Å²) in [5, 5.41) is 3.19.